The van der Waals surface area contributed by atoms with Crippen molar-refractivity contribution >= 4 is 29.3 Å². The van der Waals surface area contributed by atoms with Crippen molar-refractivity contribution in [2.24, 2.45) is 0 Å². The Balaban J connectivity index is 1.42. The Morgan fingerprint density at radius 3 is 2.29 bits per heavy atom. The molecular weight excluding hydrogens is 405 g/mol. The molecule has 1 saturated heterocycles. The SMILES string of the molecule is O=C1c2ccccc2C(=O)N1CCCN(C(=O)O)c1ccc(N2CCOCC2)c(F)c1. The molecule has 0 aromatic heterocycles. The van der Waals surface area contributed by atoms with Crippen LogP contribution < -0.4 is 9.80 Å². The zero-order chi connectivity index (χ0) is 22.0. The maximum atomic E-state index is 14.7. The van der Waals surface area contributed by atoms with Gasteiger partial charge in [-0.25, -0.2) is 9.18 Å². The highest BCUT2D eigenvalue weighted by molar-refractivity contribution is 6.21. The number of rotatable bonds is 6. The Labute approximate surface area is 178 Å². The van der Waals surface area contributed by atoms with Crippen LogP contribution in [0.3, 0.4) is 0 Å². The number of hydrogen-bond acceptors (Lipinski definition) is 5. The number of nitrogens with zero attached hydrogens (tertiary/aromatic N) is 3. The molecule has 162 valence electrons. The number of morpholine rings is 1. The molecule has 0 spiro atoms. The number of hydrogen-bond donors (Lipinski definition) is 1. The number of benzene rings is 2. The van der Waals surface area contributed by atoms with Crippen molar-refractivity contribution in [3.63, 3.8) is 0 Å². The van der Waals surface area contributed by atoms with Crippen molar-refractivity contribution in [3.8, 4) is 0 Å². The van der Waals surface area contributed by atoms with E-state index in [-0.39, 0.29) is 37.0 Å². The Kier molecular flexibility index (Phi) is 5.85. The van der Waals surface area contributed by atoms with E-state index in [2.05, 4.69) is 0 Å². The van der Waals surface area contributed by atoms with Gasteiger partial charge in [0.2, 0.25) is 0 Å². The number of fused-ring (bicyclic) bond motifs is 1. The Morgan fingerprint density at radius 2 is 1.71 bits per heavy atom. The van der Waals surface area contributed by atoms with Crippen LogP contribution in [0.15, 0.2) is 42.5 Å². The molecule has 2 aromatic rings. The van der Waals surface area contributed by atoms with Crippen LogP contribution >= 0.6 is 0 Å². The smallest absolute Gasteiger partial charge is 0.411 e. The fraction of sp³-hybridized carbons (Fsp3) is 0.318. The van der Waals surface area contributed by atoms with Crippen molar-refractivity contribution in [2.45, 2.75) is 6.42 Å². The number of halogens is 1. The van der Waals surface area contributed by atoms with Crippen LogP contribution in [0.2, 0.25) is 0 Å². The first kappa shape index (κ1) is 20.8. The van der Waals surface area contributed by atoms with Crippen molar-refractivity contribution in [2.75, 3.05) is 49.2 Å². The third-order valence-corrected chi connectivity index (χ3v) is 5.47. The van der Waals surface area contributed by atoms with Gasteiger partial charge in [-0.15, -0.1) is 0 Å². The number of imide groups is 1. The molecule has 1 N–H and O–H groups in total. The molecule has 1 fully saturated rings. The second kappa shape index (κ2) is 8.73. The Morgan fingerprint density at radius 1 is 1.06 bits per heavy atom. The molecule has 0 aliphatic carbocycles. The van der Waals surface area contributed by atoms with E-state index in [1.165, 1.54) is 6.07 Å². The predicted molar refractivity (Wildman–Crippen MR) is 111 cm³/mol. The molecule has 4 rings (SSSR count). The Bertz CT molecular complexity index is 987. The largest absolute Gasteiger partial charge is 0.465 e. The average Bonchev–Trinajstić information content (AvgIpc) is 3.02. The molecule has 0 radical (unpaired) electrons. The molecule has 2 aromatic carbocycles. The molecule has 2 aliphatic rings. The lowest BCUT2D eigenvalue weighted by atomic mass is 10.1. The van der Waals surface area contributed by atoms with Crippen molar-refractivity contribution < 1.29 is 28.6 Å². The van der Waals surface area contributed by atoms with Crippen molar-refractivity contribution in [1.29, 1.82) is 0 Å². The minimum Gasteiger partial charge on any atom is -0.465 e. The molecule has 9 heteroatoms. The normalized spacial score (nSPS) is 15.9. The highest BCUT2D eigenvalue weighted by Crippen LogP contribution is 2.27. The van der Waals surface area contributed by atoms with Crippen LogP contribution in [0.5, 0.6) is 0 Å². The molecule has 2 heterocycles. The minimum absolute atomic E-state index is 0.0130. The summed E-state index contributed by atoms with van der Waals surface area (Å²) in [6, 6.07) is 10.9. The fourth-order valence-electron chi connectivity index (χ4n) is 3.89. The number of carbonyl (C=O) groups is 3. The zero-order valence-electron chi connectivity index (χ0n) is 16.8. The van der Waals surface area contributed by atoms with Gasteiger partial charge < -0.3 is 14.7 Å². The summed E-state index contributed by atoms with van der Waals surface area (Å²) in [5, 5.41) is 9.60. The summed E-state index contributed by atoms with van der Waals surface area (Å²) in [6.07, 6.45) is -1.01. The summed E-state index contributed by atoms with van der Waals surface area (Å²) in [5.41, 5.74) is 1.31. The molecule has 0 bridgehead atoms. The molecule has 3 amide bonds. The van der Waals surface area contributed by atoms with E-state index in [1.807, 2.05) is 4.90 Å². The molecule has 0 atom stereocenters. The fourth-order valence-corrected chi connectivity index (χ4v) is 3.89. The number of amides is 3. The molecule has 2 aliphatic heterocycles. The first-order valence-corrected chi connectivity index (χ1v) is 10.1. The van der Waals surface area contributed by atoms with Crippen LogP contribution in [0, 0.1) is 5.82 Å². The number of anilines is 2. The van der Waals surface area contributed by atoms with E-state index in [0.29, 0.717) is 43.1 Å². The standard InChI is InChI=1S/C22H22FN3O5/c23-18-14-15(6-7-19(18)24-10-12-31-13-11-24)25(22(29)30)8-3-9-26-20(27)16-4-1-2-5-17(16)21(26)28/h1-2,4-7,14H,3,8-13H2,(H,29,30). The molecular formula is C22H22FN3O5. The van der Waals surface area contributed by atoms with Gasteiger partial charge in [0.15, 0.2) is 0 Å². The van der Waals surface area contributed by atoms with E-state index < -0.39 is 11.9 Å². The predicted octanol–water partition coefficient (Wildman–Crippen LogP) is 2.83. The molecule has 0 saturated carbocycles. The lowest BCUT2D eigenvalue weighted by molar-refractivity contribution is 0.0653. The van der Waals surface area contributed by atoms with Crippen LogP contribution in [-0.2, 0) is 4.74 Å². The van der Waals surface area contributed by atoms with Gasteiger partial charge in [0.1, 0.15) is 5.82 Å². The van der Waals surface area contributed by atoms with Crippen LogP contribution in [0.1, 0.15) is 27.1 Å². The Hall–Kier alpha value is -3.46. The number of ether oxygens (including phenoxy) is 1. The van der Waals surface area contributed by atoms with Crippen LogP contribution in [0.25, 0.3) is 0 Å². The van der Waals surface area contributed by atoms with Gasteiger partial charge in [0.25, 0.3) is 11.8 Å². The highest BCUT2D eigenvalue weighted by atomic mass is 19.1. The van der Waals surface area contributed by atoms with Gasteiger partial charge in [-0.1, -0.05) is 12.1 Å². The topological polar surface area (TPSA) is 90.4 Å². The van der Waals surface area contributed by atoms with Gasteiger partial charge in [0.05, 0.1) is 35.7 Å². The quantitative estimate of drug-likeness (QED) is 0.713. The summed E-state index contributed by atoms with van der Waals surface area (Å²) in [4.78, 5) is 40.6. The summed E-state index contributed by atoms with van der Waals surface area (Å²) in [6.45, 7) is 2.25. The second-order valence-electron chi connectivity index (χ2n) is 7.33. The van der Waals surface area contributed by atoms with Gasteiger partial charge in [-0.3, -0.25) is 19.4 Å². The highest BCUT2D eigenvalue weighted by Gasteiger charge is 2.34. The van der Waals surface area contributed by atoms with E-state index in [1.54, 1.807) is 36.4 Å². The lowest BCUT2D eigenvalue weighted by Gasteiger charge is -2.29. The van der Waals surface area contributed by atoms with E-state index in [0.717, 1.165) is 9.80 Å². The van der Waals surface area contributed by atoms with Crippen LogP contribution in [-0.4, -0.2) is 67.3 Å². The number of carboxylic acid groups (broad SMARTS) is 1. The zero-order valence-corrected chi connectivity index (χ0v) is 16.8. The summed E-state index contributed by atoms with van der Waals surface area (Å²) < 4.78 is 20.0. The van der Waals surface area contributed by atoms with Gasteiger partial charge in [0, 0.05) is 26.2 Å². The second-order valence-corrected chi connectivity index (χ2v) is 7.33. The maximum absolute atomic E-state index is 14.7. The van der Waals surface area contributed by atoms with Gasteiger partial charge in [-0.2, -0.15) is 0 Å². The molecule has 8 nitrogen and oxygen atoms in total. The monoisotopic (exact) mass is 427 g/mol. The third-order valence-electron chi connectivity index (χ3n) is 5.47. The molecule has 31 heavy (non-hydrogen) atoms. The van der Waals surface area contributed by atoms with Gasteiger partial charge in [-0.05, 0) is 36.8 Å². The van der Waals surface area contributed by atoms with E-state index in [4.69, 9.17) is 4.74 Å². The van der Waals surface area contributed by atoms with E-state index in [9.17, 15) is 23.9 Å². The summed E-state index contributed by atoms with van der Waals surface area (Å²) >= 11 is 0. The maximum Gasteiger partial charge on any atom is 0.411 e. The third kappa shape index (κ3) is 4.09. The summed E-state index contributed by atoms with van der Waals surface area (Å²) in [7, 11) is 0. The van der Waals surface area contributed by atoms with E-state index >= 15 is 0 Å². The van der Waals surface area contributed by atoms with Crippen molar-refractivity contribution in [1.82, 2.24) is 4.90 Å². The number of carbonyl (C=O) groups excluding carboxylic acids is 2. The van der Waals surface area contributed by atoms with Crippen molar-refractivity contribution in [3.05, 3.63) is 59.4 Å². The van der Waals surface area contributed by atoms with Crippen LogP contribution in [0.4, 0.5) is 20.6 Å². The minimum atomic E-state index is -1.24. The molecule has 0 unspecified atom stereocenters. The average molecular weight is 427 g/mol. The first-order valence-electron chi connectivity index (χ1n) is 10.1. The van der Waals surface area contributed by atoms with Gasteiger partial charge >= 0.3 is 6.09 Å². The lowest BCUT2D eigenvalue weighted by Crippen LogP contribution is -2.37. The first-order chi connectivity index (χ1) is 15.0. The summed E-state index contributed by atoms with van der Waals surface area (Å²) in [5.74, 6) is -1.28.